The SMILES string of the molecule is CCC[C@@H](N)C(=O)N[C@H](C)c1cccc(Br)c1. The predicted octanol–water partition coefficient (Wildman–Crippen LogP) is 2.75. The van der Waals surface area contributed by atoms with Crippen LogP contribution < -0.4 is 11.1 Å². The normalized spacial score (nSPS) is 14.1. The van der Waals surface area contributed by atoms with Gasteiger partial charge in [0.2, 0.25) is 5.91 Å². The van der Waals surface area contributed by atoms with Crippen LogP contribution in [0.3, 0.4) is 0 Å². The lowest BCUT2D eigenvalue weighted by molar-refractivity contribution is -0.123. The second kappa shape index (κ2) is 6.77. The highest BCUT2D eigenvalue weighted by Gasteiger charge is 2.15. The van der Waals surface area contributed by atoms with Gasteiger partial charge in [-0.05, 0) is 31.0 Å². The van der Waals surface area contributed by atoms with E-state index >= 15 is 0 Å². The Morgan fingerprint density at radius 1 is 1.53 bits per heavy atom. The van der Waals surface area contributed by atoms with Crippen LogP contribution in [0.15, 0.2) is 28.7 Å². The smallest absolute Gasteiger partial charge is 0.237 e. The summed E-state index contributed by atoms with van der Waals surface area (Å²) in [5.74, 6) is -0.0840. The van der Waals surface area contributed by atoms with Crippen LogP contribution in [0.2, 0.25) is 0 Å². The van der Waals surface area contributed by atoms with Gasteiger partial charge in [0.15, 0.2) is 0 Å². The fourth-order valence-electron chi connectivity index (χ4n) is 1.62. The molecule has 0 aromatic heterocycles. The molecular weight excluding hydrogens is 280 g/mol. The van der Waals surface area contributed by atoms with Gasteiger partial charge in [0.05, 0.1) is 12.1 Å². The fourth-order valence-corrected chi connectivity index (χ4v) is 2.04. The average Bonchev–Trinajstić information content (AvgIpc) is 2.29. The second-order valence-electron chi connectivity index (χ2n) is 4.18. The van der Waals surface area contributed by atoms with E-state index in [4.69, 9.17) is 5.73 Å². The fraction of sp³-hybridized carbons (Fsp3) is 0.462. The van der Waals surface area contributed by atoms with Crippen LogP contribution in [0.5, 0.6) is 0 Å². The van der Waals surface area contributed by atoms with Crippen LogP contribution in [0.4, 0.5) is 0 Å². The number of carbonyl (C=O) groups is 1. The first-order chi connectivity index (χ1) is 8.04. The molecule has 1 aromatic rings. The molecule has 0 fully saturated rings. The number of nitrogens with two attached hydrogens (primary N) is 1. The molecule has 0 heterocycles. The number of nitrogens with one attached hydrogen (secondary N) is 1. The van der Waals surface area contributed by atoms with E-state index in [1.54, 1.807) is 0 Å². The molecule has 0 aliphatic heterocycles. The quantitative estimate of drug-likeness (QED) is 0.878. The first kappa shape index (κ1) is 14.2. The lowest BCUT2D eigenvalue weighted by atomic mass is 10.1. The summed E-state index contributed by atoms with van der Waals surface area (Å²) in [6, 6.07) is 7.46. The molecule has 2 atom stereocenters. The van der Waals surface area contributed by atoms with Gasteiger partial charge in [-0.2, -0.15) is 0 Å². The molecular formula is C13H19BrN2O. The Hall–Kier alpha value is -0.870. The zero-order valence-electron chi connectivity index (χ0n) is 10.2. The zero-order valence-corrected chi connectivity index (χ0v) is 11.8. The van der Waals surface area contributed by atoms with Crippen molar-refractivity contribution in [2.75, 3.05) is 0 Å². The van der Waals surface area contributed by atoms with Crippen molar-refractivity contribution >= 4 is 21.8 Å². The van der Waals surface area contributed by atoms with Crippen LogP contribution >= 0.6 is 15.9 Å². The van der Waals surface area contributed by atoms with Gasteiger partial charge < -0.3 is 11.1 Å². The van der Waals surface area contributed by atoms with Gasteiger partial charge in [-0.15, -0.1) is 0 Å². The van der Waals surface area contributed by atoms with Gasteiger partial charge in [0.1, 0.15) is 0 Å². The van der Waals surface area contributed by atoms with Crippen molar-refractivity contribution in [1.29, 1.82) is 0 Å². The molecule has 0 bridgehead atoms. The molecule has 1 aromatic carbocycles. The minimum absolute atomic E-state index is 0.0251. The largest absolute Gasteiger partial charge is 0.348 e. The van der Waals surface area contributed by atoms with Crippen molar-refractivity contribution in [3.8, 4) is 0 Å². The minimum Gasteiger partial charge on any atom is -0.348 e. The number of benzene rings is 1. The summed E-state index contributed by atoms with van der Waals surface area (Å²) >= 11 is 3.41. The first-order valence-electron chi connectivity index (χ1n) is 5.86. The highest BCUT2D eigenvalue weighted by molar-refractivity contribution is 9.10. The molecule has 1 amide bonds. The monoisotopic (exact) mass is 298 g/mol. The molecule has 0 aliphatic rings. The number of hydrogen-bond donors (Lipinski definition) is 2. The maximum Gasteiger partial charge on any atom is 0.237 e. The van der Waals surface area contributed by atoms with Crippen molar-refractivity contribution < 1.29 is 4.79 Å². The third kappa shape index (κ3) is 4.48. The standard InChI is InChI=1S/C13H19BrN2O/c1-3-5-12(15)13(17)16-9(2)10-6-4-7-11(14)8-10/h4,6-9,12H,3,5,15H2,1-2H3,(H,16,17)/t9-,12-/m1/s1. The maximum absolute atomic E-state index is 11.8. The van der Waals surface area contributed by atoms with Gasteiger partial charge >= 0.3 is 0 Å². The van der Waals surface area contributed by atoms with Gasteiger partial charge in [0.25, 0.3) is 0 Å². The Morgan fingerprint density at radius 2 is 2.24 bits per heavy atom. The Balaban J connectivity index is 2.60. The minimum atomic E-state index is -0.408. The number of carbonyl (C=O) groups excluding carboxylic acids is 1. The van der Waals surface area contributed by atoms with E-state index in [0.717, 1.165) is 22.9 Å². The van der Waals surface area contributed by atoms with Crippen LogP contribution in [-0.2, 0) is 4.79 Å². The Bertz CT molecular complexity index is 381. The molecule has 0 saturated carbocycles. The summed E-state index contributed by atoms with van der Waals surface area (Å²) in [5.41, 5.74) is 6.83. The van der Waals surface area contributed by atoms with E-state index in [1.807, 2.05) is 38.1 Å². The van der Waals surface area contributed by atoms with E-state index in [0.29, 0.717) is 0 Å². The van der Waals surface area contributed by atoms with Gasteiger partial charge in [-0.3, -0.25) is 4.79 Å². The third-order valence-corrected chi connectivity index (χ3v) is 3.14. The van der Waals surface area contributed by atoms with Crippen molar-refractivity contribution in [3.63, 3.8) is 0 Å². The van der Waals surface area contributed by atoms with Crippen molar-refractivity contribution in [2.45, 2.75) is 38.8 Å². The number of amides is 1. The highest BCUT2D eigenvalue weighted by atomic mass is 79.9. The molecule has 0 spiro atoms. The van der Waals surface area contributed by atoms with Crippen LogP contribution in [0.25, 0.3) is 0 Å². The zero-order chi connectivity index (χ0) is 12.8. The summed E-state index contributed by atoms with van der Waals surface area (Å²) < 4.78 is 1.01. The Labute approximate surface area is 111 Å². The summed E-state index contributed by atoms with van der Waals surface area (Å²) in [7, 11) is 0. The van der Waals surface area contributed by atoms with E-state index in [9.17, 15) is 4.79 Å². The number of hydrogen-bond acceptors (Lipinski definition) is 2. The lowest BCUT2D eigenvalue weighted by Gasteiger charge is -2.17. The topological polar surface area (TPSA) is 55.1 Å². The van der Waals surface area contributed by atoms with Crippen LogP contribution in [0.1, 0.15) is 38.3 Å². The highest BCUT2D eigenvalue weighted by Crippen LogP contribution is 2.17. The first-order valence-corrected chi connectivity index (χ1v) is 6.65. The molecule has 3 N–H and O–H groups in total. The predicted molar refractivity (Wildman–Crippen MR) is 73.6 cm³/mol. The molecule has 0 aliphatic carbocycles. The van der Waals surface area contributed by atoms with E-state index in [2.05, 4.69) is 21.2 Å². The Morgan fingerprint density at radius 3 is 2.82 bits per heavy atom. The third-order valence-electron chi connectivity index (χ3n) is 2.64. The molecule has 0 saturated heterocycles. The summed E-state index contributed by atoms with van der Waals surface area (Å²) in [6.45, 7) is 3.98. The van der Waals surface area contributed by atoms with Crippen molar-refractivity contribution in [3.05, 3.63) is 34.3 Å². The van der Waals surface area contributed by atoms with Gasteiger partial charge in [-0.25, -0.2) is 0 Å². The van der Waals surface area contributed by atoms with Gasteiger partial charge in [0, 0.05) is 4.47 Å². The second-order valence-corrected chi connectivity index (χ2v) is 5.10. The molecule has 0 unspecified atom stereocenters. The number of halogens is 1. The summed E-state index contributed by atoms with van der Waals surface area (Å²) in [6.07, 6.45) is 1.64. The number of rotatable bonds is 5. The Kier molecular flexibility index (Phi) is 5.65. The van der Waals surface area contributed by atoms with Gasteiger partial charge in [-0.1, -0.05) is 41.4 Å². The van der Waals surface area contributed by atoms with E-state index in [1.165, 1.54) is 0 Å². The molecule has 1 rings (SSSR count). The molecule has 17 heavy (non-hydrogen) atoms. The van der Waals surface area contributed by atoms with Crippen LogP contribution in [-0.4, -0.2) is 11.9 Å². The lowest BCUT2D eigenvalue weighted by Crippen LogP contribution is -2.41. The molecule has 3 nitrogen and oxygen atoms in total. The summed E-state index contributed by atoms with van der Waals surface area (Å²) in [5, 5.41) is 2.92. The van der Waals surface area contributed by atoms with Crippen LogP contribution in [0, 0.1) is 0 Å². The van der Waals surface area contributed by atoms with E-state index < -0.39 is 6.04 Å². The van der Waals surface area contributed by atoms with Crippen molar-refractivity contribution in [2.24, 2.45) is 5.73 Å². The maximum atomic E-state index is 11.8. The molecule has 0 radical (unpaired) electrons. The molecule has 94 valence electrons. The van der Waals surface area contributed by atoms with Crippen molar-refractivity contribution in [1.82, 2.24) is 5.32 Å². The molecule has 4 heteroatoms. The average molecular weight is 299 g/mol. The van der Waals surface area contributed by atoms with E-state index in [-0.39, 0.29) is 11.9 Å². The summed E-state index contributed by atoms with van der Waals surface area (Å²) in [4.78, 5) is 11.8.